The number of piperidine rings is 1. The SMILES string of the molecule is CC(=O)N[C@H]1COC2(CCN(CC(=O)N3CCc4ccccc43)CC2)C[C@]1(C)O. The standard InChI is InChI=1S/C22H31N3O4/c1-16(26)23-19-14-29-22(15-21(19,2)28)8-11-24(12-9-22)13-20(27)25-10-7-17-5-3-4-6-18(17)25/h3-6,19,28H,7-15H2,1-2H3,(H,23,26)/t19-,21-/m0/s1. The molecule has 0 radical (unpaired) electrons. The number of nitrogens with one attached hydrogen (secondary N) is 1. The summed E-state index contributed by atoms with van der Waals surface area (Å²) in [5, 5.41) is 13.7. The van der Waals surface area contributed by atoms with E-state index in [-0.39, 0.29) is 23.5 Å². The molecule has 0 aliphatic carbocycles. The highest BCUT2D eigenvalue weighted by atomic mass is 16.5. The number of rotatable bonds is 3. The number of hydrogen-bond donors (Lipinski definition) is 2. The molecule has 0 unspecified atom stereocenters. The van der Waals surface area contributed by atoms with Crippen LogP contribution in [0.3, 0.4) is 0 Å². The van der Waals surface area contributed by atoms with Crippen LogP contribution in [0.4, 0.5) is 5.69 Å². The molecule has 2 fully saturated rings. The van der Waals surface area contributed by atoms with Gasteiger partial charge in [0.15, 0.2) is 0 Å². The maximum atomic E-state index is 12.9. The van der Waals surface area contributed by atoms with E-state index in [2.05, 4.69) is 16.3 Å². The number of likely N-dealkylation sites (tertiary alicyclic amines) is 1. The lowest BCUT2D eigenvalue weighted by Crippen LogP contribution is -2.64. The molecule has 0 bridgehead atoms. The molecule has 1 aromatic rings. The summed E-state index contributed by atoms with van der Waals surface area (Å²) in [4.78, 5) is 28.3. The van der Waals surface area contributed by atoms with Gasteiger partial charge in [0, 0.05) is 38.7 Å². The first-order valence-corrected chi connectivity index (χ1v) is 10.5. The molecule has 2 atom stereocenters. The van der Waals surface area contributed by atoms with E-state index in [0.717, 1.165) is 44.6 Å². The Bertz CT molecular complexity index is 786. The first-order chi connectivity index (χ1) is 13.8. The zero-order chi connectivity index (χ0) is 20.6. The number of benzene rings is 1. The number of nitrogens with zero attached hydrogens (tertiary/aromatic N) is 2. The summed E-state index contributed by atoms with van der Waals surface area (Å²) in [6.07, 6.45) is 2.97. The van der Waals surface area contributed by atoms with Crippen LogP contribution in [0.2, 0.25) is 0 Å². The molecule has 7 heteroatoms. The first-order valence-electron chi connectivity index (χ1n) is 10.5. The molecule has 29 heavy (non-hydrogen) atoms. The van der Waals surface area contributed by atoms with Gasteiger partial charge in [-0.3, -0.25) is 14.5 Å². The molecular formula is C22H31N3O4. The van der Waals surface area contributed by atoms with Gasteiger partial charge in [-0.2, -0.15) is 0 Å². The average Bonchev–Trinajstić information content (AvgIpc) is 3.10. The van der Waals surface area contributed by atoms with E-state index in [0.29, 0.717) is 19.6 Å². The summed E-state index contributed by atoms with van der Waals surface area (Å²) in [6, 6.07) is 7.73. The Morgan fingerprint density at radius 3 is 2.66 bits per heavy atom. The second-order valence-electron chi connectivity index (χ2n) is 8.98. The third-order valence-corrected chi connectivity index (χ3v) is 6.68. The molecule has 0 aromatic heterocycles. The van der Waals surface area contributed by atoms with E-state index in [9.17, 15) is 14.7 Å². The number of amides is 2. The van der Waals surface area contributed by atoms with Crippen molar-refractivity contribution in [3.05, 3.63) is 29.8 Å². The molecule has 3 heterocycles. The Morgan fingerprint density at radius 2 is 1.97 bits per heavy atom. The zero-order valence-corrected chi connectivity index (χ0v) is 17.3. The van der Waals surface area contributed by atoms with Crippen LogP contribution < -0.4 is 10.2 Å². The fourth-order valence-electron chi connectivity index (χ4n) is 5.02. The Kier molecular flexibility index (Phi) is 5.40. The predicted octanol–water partition coefficient (Wildman–Crippen LogP) is 1.09. The van der Waals surface area contributed by atoms with Crippen LogP contribution in [-0.4, -0.2) is 71.9 Å². The summed E-state index contributed by atoms with van der Waals surface area (Å²) in [7, 11) is 0. The Labute approximate surface area is 172 Å². The van der Waals surface area contributed by atoms with Crippen molar-refractivity contribution in [2.24, 2.45) is 0 Å². The smallest absolute Gasteiger partial charge is 0.241 e. The van der Waals surface area contributed by atoms with Gasteiger partial charge in [0.25, 0.3) is 0 Å². The number of carbonyl (C=O) groups excluding carboxylic acids is 2. The third kappa shape index (κ3) is 4.17. The molecule has 158 valence electrons. The highest BCUT2D eigenvalue weighted by Crippen LogP contribution is 2.39. The van der Waals surface area contributed by atoms with Gasteiger partial charge in [0.05, 0.1) is 30.4 Å². The molecule has 3 aliphatic heterocycles. The van der Waals surface area contributed by atoms with Crippen molar-refractivity contribution in [1.29, 1.82) is 0 Å². The number of ether oxygens (including phenoxy) is 1. The van der Waals surface area contributed by atoms with Crippen molar-refractivity contribution in [2.75, 3.05) is 37.7 Å². The minimum absolute atomic E-state index is 0.146. The molecular weight excluding hydrogens is 370 g/mol. The van der Waals surface area contributed by atoms with Crippen LogP contribution in [0.5, 0.6) is 0 Å². The molecule has 2 amide bonds. The van der Waals surface area contributed by atoms with Crippen LogP contribution in [0.1, 0.15) is 38.7 Å². The maximum absolute atomic E-state index is 12.9. The highest BCUT2D eigenvalue weighted by molar-refractivity contribution is 5.96. The zero-order valence-electron chi connectivity index (χ0n) is 17.3. The Morgan fingerprint density at radius 1 is 1.24 bits per heavy atom. The van der Waals surface area contributed by atoms with E-state index in [1.807, 2.05) is 23.1 Å². The number of para-hydroxylation sites is 1. The van der Waals surface area contributed by atoms with E-state index < -0.39 is 5.60 Å². The summed E-state index contributed by atoms with van der Waals surface area (Å²) in [5.41, 5.74) is 0.908. The molecule has 2 saturated heterocycles. The average molecular weight is 402 g/mol. The molecule has 1 aromatic carbocycles. The number of hydrogen-bond acceptors (Lipinski definition) is 5. The minimum Gasteiger partial charge on any atom is -0.388 e. The first kappa shape index (κ1) is 20.3. The summed E-state index contributed by atoms with van der Waals surface area (Å²) in [6.45, 7) is 6.25. The van der Waals surface area contributed by atoms with Gasteiger partial charge in [-0.25, -0.2) is 0 Å². The van der Waals surface area contributed by atoms with E-state index >= 15 is 0 Å². The third-order valence-electron chi connectivity index (χ3n) is 6.68. The van der Waals surface area contributed by atoms with Gasteiger partial charge in [-0.15, -0.1) is 0 Å². The Hall–Kier alpha value is -1.96. The van der Waals surface area contributed by atoms with E-state index in [1.165, 1.54) is 12.5 Å². The van der Waals surface area contributed by atoms with Crippen molar-refractivity contribution in [1.82, 2.24) is 10.2 Å². The number of fused-ring (bicyclic) bond motifs is 1. The van der Waals surface area contributed by atoms with Crippen molar-refractivity contribution in [2.45, 2.75) is 56.8 Å². The monoisotopic (exact) mass is 401 g/mol. The van der Waals surface area contributed by atoms with Gasteiger partial charge in [0.2, 0.25) is 11.8 Å². The quantitative estimate of drug-likeness (QED) is 0.792. The lowest BCUT2D eigenvalue weighted by Gasteiger charge is -2.51. The second-order valence-corrected chi connectivity index (χ2v) is 8.98. The molecule has 4 rings (SSSR count). The molecule has 2 N–H and O–H groups in total. The maximum Gasteiger partial charge on any atom is 0.241 e. The van der Waals surface area contributed by atoms with E-state index in [4.69, 9.17) is 4.74 Å². The highest BCUT2D eigenvalue weighted by Gasteiger charge is 2.49. The van der Waals surface area contributed by atoms with Gasteiger partial charge < -0.3 is 20.1 Å². The van der Waals surface area contributed by atoms with Crippen molar-refractivity contribution < 1.29 is 19.4 Å². The molecule has 0 saturated carbocycles. The number of aliphatic hydroxyl groups is 1. The topological polar surface area (TPSA) is 82.1 Å². The van der Waals surface area contributed by atoms with Gasteiger partial charge in [0.1, 0.15) is 0 Å². The van der Waals surface area contributed by atoms with E-state index in [1.54, 1.807) is 6.92 Å². The molecule has 7 nitrogen and oxygen atoms in total. The molecule has 3 aliphatic rings. The Balaban J connectivity index is 1.32. The van der Waals surface area contributed by atoms with Gasteiger partial charge in [-0.05, 0) is 37.8 Å². The summed E-state index contributed by atoms with van der Waals surface area (Å²) in [5.74, 6) is -0.0141. The lowest BCUT2D eigenvalue weighted by molar-refractivity contribution is -0.189. The largest absolute Gasteiger partial charge is 0.388 e. The minimum atomic E-state index is -0.999. The number of anilines is 1. The van der Waals surface area contributed by atoms with Gasteiger partial charge >= 0.3 is 0 Å². The van der Waals surface area contributed by atoms with Crippen LogP contribution in [-0.2, 0) is 20.7 Å². The normalized spacial score (nSPS) is 28.9. The molecule has 1 spiro atoms. The van der Waals surface area contributed by atoms with Crippen molar-refractivity contribution in [3.63, 3.8) is 0 Å². The second kappa shape index (κ2) is 7.70. The van der Waals surface area contributed by atoms with Crippen LogP contribution >= 0.6 is 0 Å². The van der Waals surface area contributed by atoms with Crippen LogP contribution in [0.15, 0.2) is 24.3 Å². The van der Waals surface area contributed by atoms with Crippen molar-refractivity contribution >= 4 is 17.5 Å². The van der Waals surface area contributed by atoms with Crippen LogP contribution in [0.25, 0.3) is 0 Å². The summed E-state index contributed by atoms with van der Waals surface area (Å²) < 4.78 is 6.16. The predicted molar refractivity (Wildman–Crippen MR) is 110 cm³/mol. The number of carbonyl (C=O) groups is 2. The van der Waals surface area contributed by atoms with Crippen molar-refractivity contribution in [3.8, 4) is 0 Å². The van der Waals surface area contributed by atoms with Gasteiger partial charge in [-0.1, -0.05) is 18.2 Å². The lowest BCUT2D eigenvalue weighted by atomic mass is 9.75. The fourth-order valence-corrected chi connectivity index (χ4v) is 5.02. The fraction of sp³-hybridized carbons (Fsp3) is 0.636. The summed E-state index contributed by atoms with van der Waals surface area (Å²) >= 11 is 0. The van der Waals surface area contributed by atoms with Crippen LogP contribution in [0, 0.1) is 0 Å².